The van der Waals surface area contributed by atoms with E-state index in [0.717, 1.165) is 10.0 Å². The van der Waals surface area contributed by atoms with Gasteiger partial charge in [0, 0.05) is 10.0 Å². The Bertz CT molecular complexity index is 446. The maximum absolute atomic E-state index is 11.8. The molecule has 1 rings (SSSR count). The van der Waals surface area contributed by atoms with E-state index in [1.54, 1.807) is 12.1 Å². The summed E-state index contributed by atoms with van der Waals surface area (Å²) in [6.45, 7) is 5.48. The number of hydrogen-bond acceptors (Lipinski definition) is 2. The van der Waals surface area contributed by atoms with Crippen LogP contribution < -0.4 is 4.72 Å². The molecule has 3 nitrogen and oxygen atoms in total. The smallest absolute Gasteiger partial charge is 0.212 e. The third-order valence-electron chi connectivity index (χ3n) is 1.73. The standard InChI is InChI=1S/C11H16BrNO2S/c1-11(2,3)13-16(14,15)8-9-4-6-10(12)7-5-9/h4-7,13H,8H2,1-3H3. The Morgan fingerprint density at radius 2 is 1.69 bits per heavy atom. The largest absolute Gasteiger partial charge is 0.216 e. The molecule has 0 fully saturated rings. The lowest BCUT2D eigenvalue weighted by Gasteiger charge is -2.20. The predicted molar refractivity (Wildman–Crippen MR) is 69.7 cm³/mol. The Hall–Kier alpha value is -0.390. The summed E-state index contributed by atoms with van der Waals surface area (Å²) >= 11 is 3.31. The highest BCUT2D eigenvalue weighted by Gasteiger charge is 2.19. The lowest BCUT2D eigenvalue weighted by Crippen LogP contribution is -2.41. The van der Waals surface area contributed by atoms with Gasteiger partial charge in [0.05, 0.1) is 5.75 Å². The van der Waals surface area contributed by atoms with E-state index in [1.165, 1.54) is 0 Å². The van der Waals surface area contributed by atoms with Crippen LogP contribution in [0.25, 0.3) is 0 Å². The number of halogens is 1. The molecule has 0 aliphatic heterocycles. The first kappa shape index (κ1) is 13.7. The molecule has 16 heavy (non-hydrogen) atoms. The summed E-state index contributed by atoms with van der Waals surface area (Å²) in [7, 11) is -3.27. The van der Waals surface area contributed by atoms with Crippen LogP contribution in [0.3, 0.4) is 0 Å². The van der Waals surface area contributed by atoms with E-state index < -0.39 is 15.6 Å². The van der Waals surface area contributed by atoms with Crippen molar-refractivity contribution in [1.82, 2.24) is 4.72 Å². The molecule has 0 radical (unpaired) electrons. The van der Waals surface area contributed by atoms with Crippen molar-refractivity contribution in [2.24, 2.45) is 0 Å². The Morgan fingerprint density at radius 1 is 1.19 bits per heavy atom. The SMILES string of the molecule is CC(C)(C)NS(=O)(=O)Cc1ccc(Br)cc1. The molecule has 5 heteroatoms. The quantitative estimate of drug-likeness (QED) is 0.933. The number of benzene rings is 1. The summed E-state index contributed by atoms with van der Waals surface area (Å²) in [5.74, 6) is 0.0115. The Morgan fingerprint density at radius 3 is 2.12 bits per heavy atom. The molecule has 0 aliphatic carbocycles. The molecule has 1 aromatic rings. The molecular formula is C11H16BrNO2S. The molecule has 0 aromatic heterocycles. The van der Waals surface area contributed by atoms with Gasteiger partial charge in [-0.2, -0.15) is 0 Å². The van der Waals surface area contributed by atoms with Crippen LogP contribution in [0.2, 0.25) is 0 Å². The predicted octanol–water partition coefficient (Wildman–Crippen LogP) is 2.67. The van der Waals surface area contributed by atoms with Gasteiger partial charge in [0.2, 0.25) is 10.0 Å². The summed E-state index contributed by atoms with van der Waals surface area (Å²) in [5, 5.41) is 0. The van der Waals surface area contributed by atoms with Crippen molar-refractivity contribution in [2.75, 3.05) is 0 Å². The summed E-state index contributed by atoms with van der Waals surface area (Å²) in [6.07, 6.45) is 0. The zero-order valence-electron chi connectivity index (χ0n) is 9.62. The monoisotopic (exact) mass is 305 g/mol. The third kappa shape index (κ3) is 5.09. The average Bonchev–Trinajstić information content (AvgIpc) is 2.04. The van der Waals surface area contributed by atoms with Crippen molar-refractivity contribution in [3.63, 3.8) is 0 Å². The Balaban J connectivity index is 2.77. The van der Waals surface area contributed by atoms with Gasteiger partial charge in [-0.1, -0.05) is 28.1 Å². The van der Waals surface area contributed by atoms with Crippen LogP contribution in [-0.2, 0) is 15.8 Å². The molecule has 0 unspecified atom stereocenters. The summed E-state index contributed by atoms with van der Waals surface area (Å²) in [4.78, 5) is 0. The molecule has 0 aliphatic rings. The number of sulfonamides is 1. The fourth-order valence-electron chi connectivity index (χ4n) is 1.30. The zero-order chi connectivity index (χ0) is 12.4. The van der Waals surface area contributed by atoms with Gasteiger partial charge in [-0.15, -0.1) is 0 Å². The molecular weight excluding hydrogens is 290 g/mol. The van der Waals surface area contributed by atoms with Gasteiger partial charge < -0.3 is 0 Å². The van der Waals surface area contributed by atoms with Crippen LogP contribution in [0.15, 0.2) is 28.7 Å². The maximum atomic E-state index is 11.8. The molecule has 0 saturated carbocycles. The second kappa shape index (κ2) is 4.85. The van der Waals surface area contributed by atoms with Gasteiger partial charge in [0.1, 0.15) is 0 Å². The molecule has 0 bridgehead atoms. The lowest BCUT2D eigenvalue weighted by molar-refractivity contribution is 0.491. The minimum absolute atomic E-state index is 0.0115. The number of nitrogens with one attached hydrogen (secondary N) is 1. The van der Waals surface area contributed by atoms with E-state index in [0.29, 0.717) is 0 Å². The van der Waals surface area contributed by atoms with Crippen molar-refractivity contribution in [1.29, 1.82) is 0 Å². The van der Waals surface area contributed by atoms with Gasteiger partial charge in [0.15, 0.2) is 0 Å². The van der Waals surface area contributed by atoms with Crippen molar-refractivity contribution >= 4 is 26.0 Å². The van der Waals surface area contributed by atoms with Crippen LogP contribution in [0.4, 0.5) is 0 Å². The Kier molecular flexibility index (Phi) is 4.15. The van der Waals surface area contributed by atoms with Crippen molar-refractivity contribution in [2.45, 2.75) is 32.1 Å². The van der Waals surface area contributed by atoms with Crippen molar-refractivity contribution in [3.05, 3.63) is 34.3 Å². The van der Waals surface area contributed by atoms with E-state index in [9.17, 15) is 8.42 Å². The number of hydrogen-bond donors (Lipinski definition) is 1. The van der Waals surface area contributed by atoms with Crippen LogP contribution in [-0.4, -0.2) is 14.0 Å². The van der Waals surface area contributed by atoms with Gasteiger partial charge >= 0.3 is 0 Å². The summed E-state index contributed by atoms with van der Waals surface area (Å²) < 4.78 is 27.1. The van der Waals surface area contributed by atoms with Crippen LogP contribution in [0.1, 0.15) is 26.3 Å². The fraction of sp³-hybridized carbons (Fsp3) is 0.455. The first-order chi connectivity index (χ1) is 7.18. The van der Waals surface area contributed by atoms with E-state index in [1.807, 2.05) is 32.9 Å². The molecule has 0 amide bonds. The van der Waals surface area contributed by atoms with Gasteiger partial charge in [-0.25, -0.2) is 13.1 Å². The van der Waals surface area contributed by atoms with Crippen molar-refractivity contribution < 1.29 is 8.42 Å². The third-order valence-corrected chi connectivity index (χ3v) is 3.90. The molecule has 0 saturated heterocycles. The van der Waals surface area contributed by atoms with Gasteiger partial charge in [-0.05, 0) is 38.5 Å². The first-order valence-electron chi connectivity index (χ1n) is 4.94. The van der Waals surface area contributed by atoms with Crippen LogP contribution in [0.5, 0.6) is 0 Å². The van der Waals surface area contributed by atoms with E-state index in [4.69, 9.17) is 0 Å². The van der Waals surface area contributed by atoms with Gasteiger partial charge in [-0.3, -0.25) is 0 Å². The maximum Gasteiger partial charge on any atom is 0.216 e. The highest BCUT2D eigenvalue weighted by Crippen LogP contribution is 2.13. The lowest BCUT2D eigenvalue weighted by atomic mass is 10.1. The van der Waals surface area contributed by atoms with E-state index in [-0.39, 0.29) is 5.75 Å². The summed E-state index contributed by atoms with van der Waals surface area (Å²) in [5.41, 5.74) is 0.341. The zero-order valence-corrected chi connectivity index (χ0v) is 12.0. The van der Waals surface area contributed by atoms with Crippen LogP contribution >= 0.6 is 15.9 Å². The molecule has 0 heterocycles. The average molecular weight is 306 g/mol. The molecule has 1 aromatic carbocycles. The van der Waals surface area contributed by atoms with E-state index >= 15 is 0 Å². The highest BCUT2D eigenvalue weighted by atomic mass is 79.9. The topological polar surface area (TPSA) is 46.2 Å². The fourth-order valence-corrected chi connectivity index (χ4v) is 3.20. The summed E-state index contributed by atoms with van der Waals surface area (Å²) in [6, 6.07) is 7.27. The minimum atomic E-state index is -3.27. The Labute approximate surface area is 105 Å². The number of rotatable bonds is 3. The van der Waals surface area contributed by atoms with Gasteiger partial charge in [0.25, 0.3) is 0 Å². The highest BCUT2D eigenvalue weighted by molar-refractivity contribution is 9.10. The van der Waals surface area contributed by atoms with Crippen LogP contribution in [0, 0.1) is 0 Å². The first-order valence-corrected chi connectivity index (χ1v) is 7.39. The van der Waals surface area contributed by atoms with E-state index in [2.05, 4.69) is 20.7 Å². The minimum Gasteiger partial charge on any atom is -0.212 e. The molecule has 90 valence electrons. The van der Waals surface area contributed by atoms with Crippen molar-refractivity contribution in [3.8, 4) is 0 Å². The normalized spacial score (nSPS) is 12.8. The molecule has 0 atom stereocenters. The second-order valence-electron chi connectivity index (χ2n) is 4.74. The second-order valence-corrected chi connectivity index (χ2v) is 7.38. The molecule has 1 N–H and O–H groups in total. The molecule has 0 spiro atoms.